The monoisotopic (exact) mass is 299 g/mol. The predicted molar refractivity (Wildman–Crippen MR) is 78.7 cm³/mol. The first-order chi connectivity index (χ1) is 9.33. The van der Waals surface area contributed by atoms with Gasteiger partial charge in [0.2, 0.25) is 5.91 Å². The number of likely N-dealkylation sites (N-methyl/N-ethyl adjacent to an activating group) is 1. The predicted octanol–water partition coefficient (Wildman–Crippen LogP) is 1.13. The molecule has 0 aromatic heterocycles. The van der Waals surface area contributed by atoms with Crippen molar-refractivity contribution >= 4 is 15.7 Å². The molecule has 0 radical (unpaired) electrons. The number of sulfone groups is 1. The lowest BCUT2D eigenvalue weighted by Crippen LogP contribution is -2.30. The van der Waals surface area contributed by atoms with Gasteiger partial charge in [-0.15, -0.1) is 0 Å². The van der Waals surface area contributed by atoms with Gasteiger partial charge in [-0.1, -0.05) is 18.2 Å². The first-order valence-corrected chi connectivity index (χ1v) is 8.43. The number of carbonyl (C=O) groups is 1. The Hall–Kier alpha value is -1.56. The van der Waals surface area contributed by atoms with Gasteiger partial charge in [0.05, 0.1) is 12.9 Å². The number of carbonyl (C=O) groups excluding carboxylic acids is 1. The summed E-state index contributed by atoms with van der Waals surface area (Å²) in [5.74, 6) is 0.528. The van der Waals surface area contributed by atoms with Crippen LogP contribution in [0.15, 0.2) is 24.3 Å². The van der Waals surface area contributed by atoms with Gasteiger partial charge in [0.1, 0.15) is 15.6 Å². The van der Waals surface area contributed by atoms with E-state index in [-0.39, 0.29) is 18.1 Å². The fraction of sp³-hybridized carbons (Fsp3) is 0.500. The van der Waals surface area contributed by atoms with Crippen LogP contribution in [-0.2, 0) is 21.1 Å². The second-order valence-corrected chi connectivity index (χ2v) is 7.02. The van der Waals surface area contributed by atoms with Crippen LogP contribution in [0.2, 0.25) is 0 Å². The average Bonchev–Trinajstić information content (AvgIpc) is 2.41. The van der Waals surface area contributed by atoms with E-state index < -0.39 is 9.84 Å². The zero-order chi connectivity index (χ0) is 15.2. The van der Waals surface area contributed by atoms with E-state index in [0.29, 0.717) is 13.0 Å². The van der Waals surface area contributed by atoms with E-state index in [1.165, 1.54) is 0 Å². The van der Waals surface area contributed by atoms with Crippen molar-refractivity contribution in [3.05, 3.63) is 29.8 Å². The SMILES string of the molecule is COc1ccccc1CCN(C)C(=O)CCS(C)(=O)=O. The molecule has 0 saturated heterocycles. The summed E-state index contributed by atoms with van der Waals surface area (Å²) < 4.78 is 27.3. The third kappa shape index (κ3) is 5.61. The molecule has 0 fully saturated rings. The molecule has 112 valence electrons. The summed E-state index contributed by atoms with van der Waals surface area (Å²) >= 11 is 0. The molecule has 1 amide bonds. The minimum absolute atomic E-state index is 0.0290. The molecule has 0 aliphatic heterocycles. The normalized spacial score (nSPS) is 11.2. The topological polar surface area (TPSA) is 63.7 Å². The summed E-state index contributed by atoms with van der Waals surface area (Å²) in [6.07, 6.45) is 1.83. The summed E-state index contributed by atoms with van der Waals surface area (Å²) in [5, 5.41) is 0. The van der Waals surface area contributed by atoms with Gasteiger partial charge >= 0.3 is 0 Å². The van der Waals surface area contributed by atoms with Gasteiger partial charge < -0.3 is 9.64 Å². The van der Waals surface area contributed by atoms with Crippen LogP contribution in [0.5, 0.6) is 5.75 Å². The standard InChI is InChI=1S/C14H21NO4S/c1-15(14(16)9-11-20(3,17)18)10-8-12-6-4-5-7-13(12)19-2/h4-7H,8-11H2,1-3H3. The van der Waals surface area contributed by atoms with Gasteiger partial charge in [-0.05, 0) is 18.1 Å². The number of nitrogens with zero attached hydrogens (tertiary/aromatic N) is 1. The van der Waals surface area contributed by atoms with Gasteiger partial charge in [0.25, 0.3) is 0 Å². The summed E-state index contributed by atoms with van der Waals surface area (Å²) in [7, 11) is 0.194. The molecule has 0 aliphatic rings. The molecule has 0 N–H and O–H groups in total. The van der Waals surface area contributed by atoms with Crippen molar-refractivity contribution in [1.29, 1.82) is 0 Å². The molecular weight excluding hydrogens is 278 g/mol. The Morgan fingerprint density at radius 1 is 1.30 bits per heavy atom. The number of hydrogen-bond donors (Lipinski definition) is 0. The molecule has 1 aromatic carbocycles. The summed E-state index contributed by atoms with van der Waals surface area (Å²) in [5.41, 5.74) is 1.03. The molecule has 0 aliphatic carbocycles. The Morgan fingerprint density at radius 2 is 1.95 bits per heavy atom. The maximum Gasteiger partial charge on any atom is 0.223 e. The quantitative estimate of drug-likeness (QED) is 0.757. The van der Waals surface area contributed by atoms with Gasteiger partial charge in [-0.25, -0.2) is 8.42 Å². The van der Waals surface area contributed by atoms with E-state index in [2.05, 4.69) is 0 Å². The largest absolute Gasteiger partial charge is 0.496 e. The zero-order valence-corrected chi connectivity index (χ0v) is 12.9. The Kier molecular flexibility index (Phi) is 6.01. The lowest BCUT2D eigenvalue weighted by molar-refractivity contribution is -0.129. The molecule has 5 nitrogen and oxygen atoms in total. The van der Waals surface area contributed by atoms with Crippen molar-refractivity contribution in [3.63, 3.8) is 0 Å². The van der Waals surface area contributed by atoms with Crippen LogP contribution in [0.3, 0.4) is 0 Å². The first kappa shape index (κ1) is 16.5. The number of methoxy groups -OCH3 is 1. The molecule has 0 spiro atoms. The van der Waals surface area contributed by atoms with Crippen LogP contribution in [0, 0.1) is 0 Å². The van der Waals surface area contributed by atoms with Crippen molar-refractivity contribution in [2.45, 2.75) is 12.8 Å². The Balaban J connectivity index is 2.50. The molecule has 6 heteroatoms. The maximum absolute atomic E-state index is 11.8. The van der Waals surface area contributed by atoms with Crippen LogP contribution in [-0.4, -0.2) is 51.9 Å². The minimum Gasteiger partial charge on any atom is -0.496 e. The van der Waals surface area contributed by atoms with Crippen LogP contribution in [0.25, 0.3) is 0 Å². The van der Waals surface area contributed by atoms with E-state index in [4.69, 9.17) is 4.74 Å². The van der Waals surface area contributed by atoms with Crippen LogP contribution in [0.4, 0.5) is 0 Å². The second-order valence-electron chi connectivity index (χ2n) is 4.76. The summed E-state index contributed by atoms with van der Waals surface area (Å²) in [4.78, 5) is 13.3. The van der Waals surface area contributed by atoms with E-state index in [1.54, 1.807) is 19.1 Å². The average molecular weight is 299 g/mol. The van der Waals surface area contributed by atoms with Crippen molar-refractivity contribution in [3.8, 4) is 5.75 Å². The number of benzene rings is 1. The molecule has 1 aromatic rings. The minimum atomic E-state index is -3.10. The van der Waals surface area contributed by atoms with Gasteiger partial charge in [0, 0.05) is 26.3 Å². The number of amides is 1. The van der Waals surface area contributed by atoms with Gasteiger partial charge in [-0.3, -0.25) is 4.79 Å². The highest BCUT2D eigenvalue weighted by Gasteiger charge is 2.13. The van der Waals surface area contributed by atoms with E-state index in [0.717, 1.165) is 17.6 Å². The first-order valence-electron chi connectivity index (χ1n) is 6.37. The molecule has 1 rings (SSSR count). The molecule has 0 atom stereocenters. The molecule has 0 unspecified atom stereocenters. The zero-order valence-electron chi connectivity index (χ0n) is 12.1. The Morgan fingerprint density at radius 3 is 2.55 bits per heavy atom. The number of hydrogen-bond acceptors (Lipinski definition) is 4. The van der Waals surface area contributed by atoms with Crippen molar-refractivity contribution in [2.75, 3.05) is 32.7 Å². The third-order valence-corrected chi connectivity index (χ3v) is 3.97. The smallest absolute Gasteiger partial charge is 0.223 e. The van der Waals surface area contributed by atoms with Crippen molar-refractivity contribution in [2.24, 2.45) is 0 Å². The maximum atomic E-state index is 11.8. The molecule has 0 saturated carbocycles. The highest BCUT2D eigenvalue weighted by atomic mass is 32.2. The number of ether oxygens (including phenoxy) is 1. The Labute approximate surface area is 120 Å². The fourth-order valence-electron chi connectivity index (χ4n) is 1.79. The van der Waals surface area contributed by atoms with Crippen LogP contribution >= 0.6 is 0 Å². The highest BCUT2D eigenvalue weighted by molar-refractivity contribution is 7.90. The second kappa shape index (κ2) is 7.28. The fourth-order valence-corrected chi connectivity index (χ4v) is 2.33. The molecule has 20 heavy (non-hydrogen) atoms. The van der Waals surface area contributed by atoms with Crippen molar-refractivity contribution in [1.82, 2.24) is 4.90 Å². The van der Waals surface area contributed by atoms with Crippen LogP contribution < -0.4 is 4.74 Å². The summed E-state index contributed by atoms with van der Waals surface area (Å²) in [6.45, 7) is 0.531. The lowest BCUT2D eigenvalue weighted by Gasteiger charge is -2.17. The van der Waals surface area contributed by atoms with E-state index >= 15 is 0 Å². The summed E-state index contributed by atoms with van der Waals surface area (Å²) in [6, 6.07) is 7.64. The number of para-hydroxylation sites is 1. The van der Waals surface area contributed by atoms with Crippen LogP contribution in [0.1, 0.15) is 12.0 Å². The van der Waals surface area contributed by atoms with Gasteiger partial charge in [-0.2, -0.15) is 0 Å². The molecular formula is C14H21NO4S. The number of rotatable bonds is 7. The van der Waals surface area contributed by atoms with Crippen molar-refractivity contribution < 1.29 is 17.9 Å². The Bertz CT molecular complexity index is 554. The third-order valence-electron chi connectivity index (χ3n) is 3.02. The molecule has 0 bridgehead atoms. The van der Waals surface area contributed by atoms with Gasteiger partial charge in [0.15, 0.2) is 0 Å². The highest BCUT2D eigenvalue weighted by Crippen LogP contribution is 2.17. The van der Waals surface area contributed by atoms with E-state index in [9.17, 15) is 13.2 Å². The van der Waals surface area contributed by atoms with E-state index in [1.807, 2.05) is 24.3 Å². The lowest BCUT2D eigenvalue weighted by atomic mass is 10.1. The molecule has 0 heterocycles.